The van der Waals surface area contributed by atoms with Crippen molar-refractivity contribution >= 4 is 44.6 Å². The Morgan fingerprint density at radius 1 is 1.18 bits per heavy atom. The molecule has 2 amide bonds. The third-order valence-electron chi connectivity index (χ3n) is 5.56. The summed E-state index contributed by atoms with van der Waals surface area (Å²) in [7, 11) is 1.68. The summed E-state index contributed by atoms with van der Waals surface area (Å²) in [5, 5.41) is 6.39. The zero-order chi connectivity index (χ0) is 24.1. The summed E-state index contributed by atoms with van der Waals surface area (Å²) >= 11 is 1.64. The monoisotopic (exact) mass is 476 g/mol. The van der Waals surface area contributed by atoms with Crippen LogP contribution in [0.3, 0.4) is 0 Å². The number of carbonyl (C=O) groups is 1. The van der Waals surface area contributed by atoms with Crippen LogP contribution in [0, 0.1) is 0 Å². The number of carbonyl (C=O) groups excluding carboxylic acids is 1. The number of nitrogens with zero attached hydrogens (tertiary/aromatic N) is 2. The van der Waals surface area contributed by atoms with Crippen molar-refractivity contribution < 1.29 is 9.53 Å². The number of urea groups is 1. The van der Waals surface area contributed by atoms with Crippen molar-refractivity contribution in [2.24, 2.45) is 11.5 Å². The van der Waals surface area contributed by atoms with E-state index in [0.717, 1.165) is 38.9 Å². The van der Waals surface area contributed by atoms with E-state index in [2.05, 4.69) is 15.7 Å². The maximum absolute atomic E-state index is 12.3. The molecular formula is C25H28N6O2S. The highest BCUT2D eigenvalue weighted by molar-refractivity contribution is 7.18. The number of hydrogen-bond acceptors (Lipinski definition) is 7. The molecule has 8 nitrogen and oxygen atoms in total. The molecule has 0 saturated heterocycles. The van der Waals surface area contributed by atoms with Crippen LogP contribution in [0.4, 0.5) is 22.0 Å². The molecule has 7 N–H and O–H groups in total. The van der Waals surface area contributed by atoms with Gasteiger partial charge in [0.15, 0.2) is 0 Å². The van der Waals surface area contributed by atoms with Crippen LogP contribution in [-0.2, 0) is 17.8 Å². The molecule has 0 fully saturated rings. The summed E-state index contributed by atoms with van der Waals surface area (Å²) in [4.78, 5) is 18.2. The summed E-state index contributed by atoms with van der Waals surface area (Å²) < 4.78 is 6.20. The van der Waals surface area contributed by atoms with Crippen LogP contribution in [0.1, 0.15) is 11.1 Å². The Kier molecular flexibility index (Phi) is 7.39. The molecule has 0 aliphatic carbocycles. The van der Waals surface area contributed by atoms with E-state index in [0.29, 0.717) is 36.9 Å². The van der Waals surface area contributed by atoms with Gasteiger partial charge in [-0.3, -0.25) is 4.90 Å². The standard InChI is InChI=1S/C25H28N6O2S/c1-33-10-9-29-13-18-14-30-24(27)22-21(15-34-23(18)22)17-5-7-19(8-6-17)31(25(28)32)20-4-2-3-16(11-20)12-26/h2-8,11,14-15,29H,9-10,12-13,26H2,1H3,(H2,27,30)(H2,28,32). The van der Waals surface area contributed by atoms with E-state index in [1.165, 1.54) is 4.90 Å². The lowest BCUT2D eigenvalue weighted by atomic mass is 10.0. The molecule has 0 radical (unpaired) electrons. The van der Waals surface area contributed by atoms with Crippen molar-refractivity contribution in [3.05, 3.63) is 71.2 Å². The summed E-state index contributed by atoms with van der Waals surface area (Å²) in [5.74, 6) is 0.494. The average Bonchev–Trinajstić information content (AvgIpc) is 3.30. The van der Waals surface area contributed by atoms with Gasteiger partial charge in [-0.2, -0.15) is 0 Å². The van der Waals surface area contributed by atoms with Gasteiger partial charge in [-0.25, -0.2) is 9.78 Å². The first kappa shape index (κ1) is 23.7. The number of thiophene rings is 1. The molecule has 2 aromatic heterocycles. The molecule has 34 heavy (non-hydrogen) atoms. The molecule has 9 heteroatoms. The van der Waals surface area contributed by atoms with Gasteiger partial charge in [0.1, 0.15) is 5.82 Å². The molecule has 2 aromatic carbocycles. The largest absolute Gasteiger partial charge is 0.383 e. The van der Waals surface area contributed by atoms with Gasteiger partial charge in [0.05, 0.1) is 18.0 Å². The maximum Gasteiger partial charge on any atom is 0.323 e. The highest BCUT2D eigenvalue weighted by atomic mass is 32.1. The van der Waals surface area contributed by atoms with Crippen LogP contribution in [-0.4, -0.2) is 31.3 Å². The minimum absolute atomic E-state index is 0.379. The summed E-state index contributed by atoms with van der Waals surface area (Å²) in [6, 6.07) is 14.6. The van der Waals surface area contributed by atoms with E-state index in [1.807, 2.05) is 54.7 Å². The average molecular weight is 477 g/mol. The second kappa shape index (κ2) is 10.6. The van der Waals surface area contributed by atoms with E-state index >= 15 is 0 Å². The van der Waals surface area contributed by atoms with E-state index in [-0.39, 0.29) is 0 Å². The molecular weight excluding hydrogens is 448 g/mol. The van der Waals surface area contributed by atoms with Crippen molar-refractivity contribution in [3.8, 4) is 11.1 Å². The number of aromatic nitrogens is 1. The third kappa shape index (κ3) is 4.87. The number of fused-ring (bicyclic) bond motifs is 1. The number of amides is 2. The van der Waals surface area contributed by atoms with Gasteiger partial charge in [-0.05, 0) is 40.8 Å². The minimum Gasteiger partial charge on any atom is -0.383 e. The Bertz CT molecular complexity index is 1290. The summed E-state index contributed by atoms with van der Waals surface area (Å²) in [6.07, 6.45) is 1.82. The highest BCUT2D eigenvalue weighted by Crippen LogP contribution is 2.39. The Hall–Kier alpha value is -3.50. The number of rotatable bonds is 9. The lowest BCUT2D eigenvalue weighted by molar-refractivity contribution is 0.199. The topological polar surface area (TPSA) is 133 Å². The third-order valence-corrected chi connectivity index (χ3v) is 6.61. The number of anilines is 3. The van der Waals surface area contributed by atoms with Crippen LogP contribution in [0.25, 0.3) is 21.2 Å². The zero-order valence-electron chi connectivity index (χ0n) is 19.0. The maximum atomic E-state index is 12.3. The summed E-state index contributed by atoms with van der Waals surface area (Å²) in [6.45, 7) is 2.46. The first-order valence-corrected chi connectivity index (χ1v) is 11.7. The van der Waals surface area contributed by atoms with E-state index in [1.54, 1.807) is 18.4 Å². The normalized spacial score (nSPS) is 11.1. The van der Waals surface area contributed by atoms with Crippen LogP contribution in [0.2, 0.25) is 0 Å². The van der Waals surface area contributed by atoms with Crippen LogP contribution in [0.5, 0.6) is 0 Å². The number of hydrogen-bond donors (Lipinski definition) is 4. The highest BCUT2D eigenvalue weighted by Gasteiger charge is 2.17. The van der Waals surface area contributed by atoms with Crippen molar-refractivity contribution in [2.45, 2.75) is 13.1 Å². The van der Waals surface area contributed by atoms with Crippen molar-refractivity contribution in [2.75, 3.05) is 30.9 Å². The molecule has 4 aromatic rings. The van der Waals surface area contributed by atoms with E-state index in [4.69, 9.17) is 21.9 Å². The molecule has 0 unspecified atom stereocenters. The predicted molar refractivity (Wildman–Crippen MR) is 139 cm³/mol. The Morgan fingerprint density at radius 3 is 2.68 bits per heavy atom. The number of primary amides is 1. The van der Waals surface area contributed by atoms with Gasteiger partial charge >= 0.3 is 6.03 Å². The van der Waals surface area contributed by atoms with E-state index in [9.17, 15) is 4.79 Å². The number of nitrogens with two attached hydrogens (primary N) is 3. The molecule has 4 rings (SSSR count). The first-order valence-electron chi connectivity index (χ1n) is 10.9. The molecule has 0 aliphatic heterocycles. The lowest BCUT2D eigenvalue weighted by Gasteiger charge is -2.21. The fourth-order valence-corrected chi connectivity index (χ4v) is 4.97. The summed E-state index contributed by atoms with van der Waals surface area (Å²) in [5.41, 5.74) is 23.1. The Morgan fingerprint density at radius 2 is 1.97 bits per heavy atom. The molecule has 0 bridgehead atoms. The van der Waals surface area contributed by atoms with Crippen LogP contribution >= 0.6 is 11.3 Å². The second-order valence-corrected chi connectivity index (χ2v) is 8.67. The molecule has 0 atom stereocenters. The van der Waals surface area contributed by atoms with Gasteiger partial charge in [-0.1, -0.05) is 24.3 Å². The number of benzene rings is 2. The Labute approximate surface area is 202 Å². The van der Waals surface area contributed by atoms with Crippen LogP contribution < -0.4 is 27.4 Å². The molecule has 176 valence electrons. The van der Waals surface area contributed by atoms with Gasteiger partial charge in [0, 0.05) is 54.2 Å². The number of pyridine rings is 1. The lowest BCUT2D eigenvalue weighted by Crippen LogP contribution is -2.31. The second-order valence-electron chi connectivity index (χ2n) is 7.79. The fourth-order valence-electron chi connectivity index (χ4n) is 3.87. The Balaban J connectivity index is 1.66. The van der Waals surface area contributed by atoms with Gasteiger partial charge in [-0.15, -0.1) is 11.3 Å². The first-order chi connectivity index (χ1) is 16.5. The number of methoxy groups -OCH3 is 1. The van der Waals surface area contributed by atoms with Crippen molar-refractivity contribution in [1.29, 1.82) is 0 Å². The van der Waals surface area contributed by atoms with Gasteiger partial charge in [0.25, 0.3) is 0 Å². The quantitative estimate of drug-likeness (QED) is 0.270. The van der Waals surface area contributed by atoms with Crippen molar-refractivity contribution in [3.63, 3.8) is 0 Å². The van der Waals surface area contributed by atoms with Gasteiger partial charge in [0.2, 0.25) is 0 Å². The smallest absolute Gasteiger partial charge is 0.323 e. The van der Waals surface area contributed by atoms with Crippen molar-refractivity contribution in [1.82, 2.24) is 10.3 Å². The predicted octanol–water partition coefficient (Wildman–Crippen LogP) is 3.96. The zero-order valence-corrected chi connectivity index (χ0v) is 19.8. The molecule has 2 heterocycles. The molecule has 0 saturated carbocycles. The number of nitrogen functional groups attached to an aromatic ring is 1. The van der Waals surface area contributed by atoms with Crippen LogP contribution in [0.15, 0.2) is 60.1 Å². The van der Waals surface area contributed by atoms with Gasteiger partial charge < -0.3 is 27.3 Å². The van der Waals surface area contributed by atoms with E-state index < -0.39 is 6.03 Å². The number of ether oxygens (including phenoxy) is 1. The SMILES string of the molecule is COCCNCc1cnc(N)c2c(-c3ccc(N(C(N)=O)c4cccc(CN)c4)cc3)csc12. The fraction of sp³-hybridized carbons (Fsp3) is 0.200. The minimum atomic E-state index is -0.568. The molecule has 0 aliphatic rings. The number of nitrogens with one attached hydrogen (secondary N) is 1. The molecule has 0 spiro atoms.